The first kappa shape index (κ1) is 12.8. The summed E-state index contributed by atoms with van der Waals surface area (Å²) in [5, 5.41) is 3.30. The van der Waals surface area contributed by atoms with Crippen molar-refractivity contribution < 1.29 is 4.74 Å². The van der Waals surface area contributed by atoms with Gasteiger partial charge in [0.15, 0.2) is 5.82 Å². The van der Waals surface area contributed by atoms with Crippen LogP contribution in [0.1, 0.15) is 12.2 Å². The molecule has 1 aromatic carbocycles. The van der Waals surface area contributed by atoms with Crippen molar-refractivity contribution in [3.05, 3.63) is 48.4 Å². The van der Waals surface area contributed by atoms with Gasteiger partial charge in [-0.25, -0.2) is 9.97 Å². The zero-order chi connectivity index (χ0) is 13.8. The molecule has 1 aromatic heterocycles. The third-order valence-electron chi connectivity index (χ3n) is 3.39. The number of rotatable bonds is 3. The molecule has 2 aromatic rings. The Morgan fingerprint density at radius 2 is 2.10 bits per heavy atom. The third-order valence-corrected chi connectivity index (χ3v) is 3.39. The zero-order valence-electron chi connectivity index (χ0n) is 11.5. The van der Waals surface area contributed by atoms with Crippen LogP contribution in [0.5, 0.6) is 5.75 Å². The first-order chi connectivity index (χ1) is 9.88. The molecule has 0 bridgehead atoms. The van der Waals surface area contributed by atoms with E-state index in [0.717, 1.165) is 42.3 Å². The molecule has 1 aliphatic heterocycles. The topological polar surface area (TPSA) is 47.0 Å². The average Bonchev–Trinajstić information content (AvgIpc) is 2.56. The van der Waals surface area contributed by atoms with Crippen LogP contribution in [0.25, 0.3) is 16.8 Å². The van der Waals surface area contributed by atoms with Crippen LogP contribution in [0.3, 0.4) is 0 Å². The summed E-state index contributed by atoms with van der Waals surface area (Å²) in [7, 11) is 1.68. The van der Waals surface area contributed by atoms with Crippen LogP contribution >= 0.6 is 0 Å². The van der Waals surface area contributed by atoms with E-state index in [1.807, 2.05) is 36.5 Å². The van der Waals surface area contributed by atoms with E-state index in [2.05, 4.69) is 21.4 Å². The monoisotopic (exact) mass is 267 g/mol. The summed E-state index contributed by atoms with van der Waals surface area (Å²) in [4.78, 5) is 9.08. The first-order valence-corrected chi connectivity index (χ1v) is 6.75. The third kappa shape index (κ3) is 2.56. The number of aromatic nitrogens is 2. The molecule has 0 spiro atoms. The van der Waals surface area contributed by atoms with Crippen LogP contribution in [0, 0.1) is 0 Å². The van der Waals surface area contributed by atoms with Crippen molar-refractivity contribution in [2.24, 2.45) is 0 Å². The minimum absolute atomic E-state index is 0.815. The van der Waals surface area contributed by atoms with Gasteiger partial charge >= 0.3 is 0 Å². The van der Waals surface area contributed by atoms with E-state index in [1.54, 1.807) is 7.11 Å². The van der Waals surface area contributed by atoms with Crippen molar-refractivity contribution in [1.29, 1.82) is 0 Å². The molecule has 4 nitrogen and oxygen atoms in total. The molecule has 20 heavy (non-hydrogen) atoms. The van der Waals surface area contributed by atoms with Crippen molar-refractivity contribution in [2.45, 2.75) is 6.42 Å². The van der Waals surface area contributed by atoms with Gasteiger partial charge in [-0.3, -0.25) is 0 Å². The van der Waals surface area contributed by atoms with Crippen molar-refractivity contribution >= 4 is 5.57 Å². The highest BCUT2D eigenvalue weighted by molar-refractivity contribution is 5.69. The van der Waals surface area contributed by atoms with E-state index in [9.17, 15) is 0 Å². The van der Waals surface area contributed by atoms with Crippen LogP contribution in [0.2, 0.25) is 0 Å². The molecule has 0 atom stereocenters. The molecule has 3 rings (SSSR count). The number of nitrogens with one attached hydrogen (secondary N) is 1. The van der Waals surface area contributed by atoms with Crippen molar-refractivity contribution in [1.82, 2.24) is 15.3 Å². The summed E-state index contributed by atoms with van der Waals surface area (Å²) in [6, 6.07) is 9.83. The minimum Gasteiger partial charge on any atom is -0.496 e. The Kier molecular flexibility index (Phi) is 3.74. The molecule has 0 radical (unpaired) electrons. The largest absolute Gasteiger partial charge is 0.496 e. The van der Waals surface area contributed by atoms with Gasteiger partial charge in [0.05, 0.1) is 12.8 Å². The molecular weight excluding hydrogens is 250 g/mol. The highest BCUT2D eigenvalue weighted by Crippen LogP contribution is 2.28. The van der Waals surface area contributed by atoms with Crippen LogP contribution in [-0.2, 0) is 0 Å². The van der Waals surface area contributed by atoms with E-state index in [-0.39, 0.29) is 0 Å². The fourth-order valence-corrected chi connectivity index (χ4v) is 2.35. The molecule has 4 heteroatoms. The van der Waals surface area contributed by atoms with E-state index >= 15 is 0 Å². The number of benzene rings is 1. The Bertz CT molecular complexity index is 637. The van der Waals surface area contributed by atoms with Gasteiger partial charge < -0.3 is 10.1 Å². The minimum atomic E-state index is 0.815. The maximum absolute atomic E-state index is 5.40. The molecule has 0 unspecified atom stereocenters. The second-order valence-electron chi connectivity index (χ2n) is 4.65. The van der Waals surface area contributed by atoms with Crippen LogP contribution < -0.4 is 10.1 Å². The van der Waals surface area contributed by atoms with Gasteiger partial charge in [-0.05, 0) is 36.7 Å². The van der Waals surface area contributed by atoms with E-state index in [4.69, 9.17) is 4.74 Å². The van der Waals surface area contributed by atoms with E-state index < -0.39 is 0 Å². The number of methoxy groups -OCH3 is 1. The molecule has 0 amide bonds. The Hall–Kier alpha value is -2.20. The fourth-order valence-electron chi connectivity index (χ4n) is 2.35. The van der Waals surface area contributed by atoms with Gasteiger partial charge in [0.25, 0.3) is 0 Å². The zero-order valence-corrected chi connectivity index (χ0v) is 11.5. The summed E-state index contributed by atoms with van der Waals surface area (Å²) >= 11 is 0. The molecule has 0 saturated heterocycles. The Labute approximate surface area is 118 Å². The Morgan fingerprint density at radius 3 is 2.90 bits per heavy atom. The van der Waals surface area contributed by atoms with Gasteiger partial charge in [-0.15, -0.1) is 0 Å². The second kappa shape index (κ2) is 5.84. The lowest BCUT2D eigenvalue weighted by atomic mass is 10.1. The molecule has 1 N–H and O–H groups in total. The normalized spacial score (nSPS) is 14.8. The van der Waals surface area contributed by atoms with Gasteiger partial charge in [0.2, 0.25) is 0 Å². The summed E-state index contributed by atoms with van der Waals surface area (Å²) in [5.41, 5.74) is 3.10. The van der Waals surface area contributed by atoms with Crippen LogP contribution in [0.15, 0.2) is 42.6 Å². The van der Waals surface area contributed by atoms with Gasteiger partial charge in [-0.2, -0.15) is 0 Å². The molecule has 2 heterocycles. The highest BCUT2D eigenvalue weighted by Gasteiger charge is 2.11. The van der Waals surface area contributed by atoms with Gasteiger partial charge in [0, 0.05) is 18.3 Å². The van der Waals surface area contributed by atoms with Crippen LogP contribution in [0.4, 0.5) is 0 Å². The Balaban J connectivity index is 2.01. The molecule has 0 fully saturated rings. The maximum Gasteiger partial charge on any atom is 0.155 e. The number of ether oxygens (including phenoxy) is 1. The summed E-state index contributed by atoms with van der Waals surface area (Å²) in [6.07, 6.45) is 4.94. The predicted octanol–water partition coefficient (Wildman–Crippen LogP) is 2.53. The average molecular weight is 267 g/mol. The molecule has 0 saturated carbocycles. The van der Waals surface area contributed by atoms with E-state index in [0.29, 0.717) is 0 Å². The molecule has 1 aliphatic rings. The highest BCUT2D eigenvalue weighted by atomic mass is 16.5. The summed E-state index contributed by atoms with van der Waals surface area (Å²) < 4.78 is 5.40. The van der Waals surface area contributed by atoms with Crippen molar-refractivity contribution in [3.63, 3.8) is 0 Å². The SMILES string of the molecule is COc1ccccc1-c1ccnc(C2=CCNCC2)n1. The standard InChI is InChI=1S/C16H17N3O/c1-20-15-5-3-2-4-13(15)14-8-11-18-16(19-14)12-6-9-17-10-7-12/h2-6,8,11,17H,7,9-10H2,1H3. The number of hydrogen-bond acceptors (Lipinski definition) is 4. The van der Waals surface area contributed by atoms with E-state index in [1.165, 1.54) is 5.57 Å². The lowest BCUT2D eigenvalue weighted by molar-refractivity contribution is 0.416. The number of hydrogen-bond donors (Lipinski definition) is 1. The molecular formula is C16H17N3O. The summed E-state index contributed by atoms with van der Waals surface area (Å²) in [6.45, 7) is 1.87. The first-order valence-electron chi connectivity index (χ1n) is 6.75. The van der Waals surface area contributed by atoms with Crippen molar-refractivity contribution in [3.8, 4) is 17.0 Å². The lowest BCUT2D eigenvalue weighted by Gasteiger charge is -2.14. The number of nitrogens with zero attached hydrogens (tertiary/aromatic N) is 2. The fraction of sp³-hybridized carbons (Fsp3) is 0.250. The lowest BCUT2D eigenvalue weighted by Crippen LogP contribution is -2.20. The molecule has 0 aliphatic carbocycles. The van der Waals surface area contributed by atoms with Crippen LogP contribution in [-0.4, -0.2) is 30.2 Å². The molecule has 102 valence electrons. The predicted molar refractivity (Wildman–Crippen MR) is 79.5 cm³/mol. The van der Waals surface area contributed by atoms with Crippen molar-refractivity contribution in [2.75, 3.05) is 20.2 Å². The summed E-state index contributed by atoms with van der Waals surface area (Å²) in [5.74, 6) is 1.64. The number of para-hydroxylation sites is 1. The Morgan fingerprint density at radius 1 is 1.20 bits per heavy atom. The second-order valence-corrected chi connectivity index (χ2v) is 4.65. The quantitative estimate of drug-likeness (QED) is 0.928. The smallest absolute Gasteiger partial charge is 0.155 e. The van der Waals surface area contributed by atoms with Gasteiger partial charge in [-0.1, -0.05) is 18.2 Å². The maximum atomic E-state index is 5.40. The van der Waals surface area contributed by atoms with Gasteiger partial charge in [0.1, 0.15) is 5.75 Å².